The maximum Gasteiger partial charge on any atom is 0.255 e. The van der Waals surface area contributed by atoms with E-state index in [-0.39, 0.29) is 17.7 Å². The summed E-state index contributed by atoms with van der Waals surface area (Å²) in [7, 11) is 1.62. The number of rotatable bonds is 9. The van der Waals surface area contributed by atoms with Gasteiger partial charge in [-0.3, -0.25) is 14.4 Å². The Labute approximate surface area is 232 Å². The molecule has 4 aromatic rings. The Morgan fingerprint density at radius 1 is 1.02 bits per heavy atom. The molecule has 3 heterocycles. The number of aromatic nitrogens is 1. The standard InChI is InChI=1S/C32H32N4O4/c1-40-17-9-16-33-30(37)26(18-20-10-3-2-4-11-20)35-31(38)27-19-24-21-12-7-8-15-25(21)34-28(24)29-22-13-5-6-14-23(22)32(39)36(27)29/h2-8,10-15,26-27,29,34H,9,16-19H2,1H3,(H,33,37)(H,35,38). The van der Waals surface area contributed by atoms with E-state index in [1.807, 2.05) is 78.9 Å². The highest BCUT2D eigenvalue weighted by Gasteiger charge is 2.49. The number of carbonyl (C=O) groups excluding carboxylic acids is 3. The summed E-state index contributed by atoms with van der Waals surface area (Å²) in [5.74, 6) is -0.770. The van der Waals surface area contributed by atoms with Crippen LogP contribution in [0, 0.1) is 0 Å². The second-order valence-corrected chi connectivity index (χ2v) is 10.4. The van der Waals surface area contributed by atoms with Gasteiger partial charge >= 0.3 is 0 Å². The fourth-order valence-corrected chi connectivity index (χ4v) is 6.02. The smallest absolute Gasteiger partial charge is 0.255 e. The number of fused-ring (bicyclic) bond motifs is 7. The Morgan fingerprint density at radius 3 is 2.60 bits per heavy atom. The van der Waals surface area contributed by atoms with Crippen molar-refractivity contribution in [3.05, 3.63) is 107 Å². The number of benzene rings is 3. The Balaban J connectivity index is 1.33. The van der Waals surface area contributed by atoms with E-state index in [9.17, 15) is 14.4 Å². The van der Waals surface area contributed by atoms with E-state index in [2.05, 4.69) is 15.6 Å². The second-order valence-electron chi connectivity index (χ2n) is 10.4. The largest absolute Gasteiger partial charge is 0.385 e. The number of hydrogen-bond acceptors (Lipinski definition) is 4. The van der Waals surface area contributed by atoms with Gasteiger partial charge in [0.15, 0.2) is 0 Å². The number of para-hydroxylation sites is 1. The van der Waals surface area contributed by atoms with Crippen LogP contribution in [0.15, 0.2) is 78.9 Å². The summed E-state index contributed by atoms with van der Waals surface area (Å²) in [6.07, 6.45) is 1.36. The molecule has 8 heteroatoms. The molecule has 3 aromatic carbocycles. The number of aromatic amines is 1. The lowest BCUT2D eigenvalue weighted by Gasteiger charge is -2.37. The zero-order chi connectivity index (χ0) is 27.6. The van der Waals surface area contributed by atoms with Crippen LogP contribution >= 0.6 is 0 Å². The number of nitrogens with zero attached hydrogens (tertiary/aromatic N) is 1. The average Bonchev–Trinajstić information content (AvgIpc) is 3.50. The maximum atomic E-state index is 14.1. The number of methoxy groups -OCH3 is 1. The third-order valence-electron chi connectivity index (χ3n) is 7.89. The Hall–Kier alpha value is -4.43. The van der Waals surface area contributed by atoms with Gasteiger partial charge in [0.2, 0.25) is 11.8 Å². The summed E-state index contributed by atoms with van der Waals surface area (Å²) >= 11 is 0. The minimum Gasteiger partial charge on any atom is -0.385 e. The highest BCUT2D eigenvalue weighted by molar-refractivity contribution is 6.04. The van der Waals surface area contributed by atoms with Gasteiger partial charge in [-0.1, -0.05) is 66.7 Å². The molecule has 3 amide bonds. The fourth-order valence-electron chi connectivity index (χ4n) is 6.02. The van der Waals surface area contributed by atoms with Gasteiger partial charge in [-0.2, -0.15) is 0 Å². The third-order valence-corrected chi connectivity index (χ3v) is 7.89. The van der Waals surface area contributed by atoms with E-state index in [0.717, 1.165) is 33.3 Å². The molecule has 0 aliphatic carbocycles. The molecule has 8 nitrogen and oxygen atoms in total. The monoisotopic (exact) mass is 536 g/mol. The van der Waals surface area contributed by atoms with Gasteiger partial charge in [0.1, 0.15) is 12.1 Å². The summed E-state index contributed by atoms with van der Waals surface area (Å²) in [5, 5.41) is 7.00. The number of nitrogens with one attached hydrogen (secondary N) is 3. The molecule has 204 valence electrons. The first-order valence-corrected chi connectivity index (χ1v) is 13.7. The average molecular weight is 537 g/mol. The molecular formula is C32H32N4O4. The summed E-state index contributed by atoms with van der Waals surface area (Å²) in [5.41, 5.74) is 5.38. The van der Waals surface area contributed by atoms with Crippen LogP contribution in [-0.4, -0.2) is 60.0 Å². The van der Waals surface area contributed by atoms with Crippen molar-refractivity contribution in [3.63, 3.8) is 0 Å². The zero-order valence-electron chi connectivity index (χ0n) is 22.4. The van der Waals surface area contributed by atoms with Crippen molar-refractivity contribution in [2.24, 2.45) is 0 Å². The lowest BCUT2D eigenvalue weighted by atomic mass is 9.89. The number of carbonyl (C=O) groups is 3. The minimum atomic E-state index is -0.791. The van der Waals surface area contributed by atoms with Crippen LogP contribution in [0.2, 0.25) is 0 Å². The van der Waals surface area contributed by atoms with E-state index >= 15 is 0 Å². The van der Waals surface area contributed by atoms with Crippen LogP contribution in [0.3, 0.4) is 0 Å². The third kappa shape index (κ3) is 4.64. The molecule has 0 radical (unpaired) electrons. The van der Waals surface area contributed by atoms with Gasteiger partial charge < -0.3 is 25.3 Å². The van der Waals surface area contributed by atoms with Crippen molar-refractivity contribution in [2.45, 2.75) is 37.4 Å². The van der Waals surface area contributed by atoms with Crippen LogP contribution in [-0.2, 0) is 27.2 Å². The molecule has 1 aromatic heterocycles. The van der Waals surface area contributed by atoms with Crippen molar-refractivity contribution >= 4 is 28.6 Å². The van der Waals surface area contributed by atoms with Crippen LogP contribution < -0.4 is 10.6 Å². The quantitative estimate of drug-likeness (QED) is 0.285. The molecule has 2 aliphatic rings. The molecule has 40 heavy (non-hydrogen) atoms. The van der Waals surface area contributed by atoms with E-state index in [4.69, 9.17) is 4.74 Å². The first-order valence-electron chi connectivity index (χ1n) is 13.7. The van der Waals surface area contributed by atoms with Gasteiger partial charge in [-0.05, 0) is 35.2 Å². The number of hydrogen-bond donors (Lipinski definition) is 3. The number of ether oxygens (including phenoxy) is 1. The Morgan fingerprint density at radius 2 is 1.77 bits per heavy atom. The number of H-pyrrole nitrogens is 1. The lowest BCUT2D eigenvalue weighted by molar-refractivity contribution is -0.132. The lowest BCUT2D eigenvalue weighted by Crippen LogP contribution is -2.57. The van der Waals surface area contributed by atoms with Crippen LogP contribution in [0.4, 0.5) is 0 Å². The number of amides is 3. The fraction of sp³-hybridized carbons (Fsp3) is 0.281. The molecule has 2 aliphatic heterocycles. The SMILES string of the molecule is COCCCNC(=O)C(Cc1ccccc1)NC(=O)C1Cc2c([nH]c3ccccc23)C2c3ccccc3C(=O)N12. The van der Waals surface area contributed by atoms with Gasteiger partial charge in [0, 0.05) is 55.3 Å². The van der Waals surface area contributed by atoms with E-state index in [0.29, 0.717) is 38.0 Å². The normalized spacial score (nSPS) is 18.1. The van der Waals surface area contributed by atoms with Gasteiger partial charge in [-0.25, -0.2) is 0 Å². The summed E-state index contributed by atoms with van der Waals surface area (Å²) < 4.78 is 5.09. The summed E-state index contributed by atoms with van der Waals surface area (Å²) in [6.45, 7) is 0.974. The molecule has 6 rings (SSSR count). The minimum absolute atomic E-state index is 0.173. The van der Waals surface area contributed by atoms with Gasteiger partial charge in [0.25, 0.3) is 5.91 Å². The van der Waals surface area contributed by atoms with Crippen molar-refractivity contribution in [1.29, 1.82) is 0 Å². The van der Waals surface area contributed by atoms with Crippen LogP contribution in [0.25, 0.3) is 10.9 Å². The molecule has 0 fully saturated rings. The van der Waals surface area contributed by atoms with Crippen molar-refractivity contribution in [3.8, 4) is 0 Å². The van der Waals surface area contributed by atoms with E-state index < -0.39 is 18.1 Å². The molecule has 3 unspecified atom stereocenters. The summed E-state index contributed by atoms with van der Waals surface area (Å²) in [6, 6.07) is 23.2. The Kier molecular flexibility index (Phi) is 7.09. The maximum absolute atomic E-state index is 14.1. The first-order chi connectivity index (χ1) is 19.6. The van der Waals surface area contributed by atoms with Gasteiger partial charge in [0.05, 0.1) is 6.04 Å². The van der Waals surface area contributed by atoms with Crippen molar-refractivity contribution in [2.75, 3.05) is 20.3 Å². The second kappa shape index (κ2) is 11.0. The molecule has 0 saturated heterocycles. The zero-order valence-corrected chi connectivity index (χ0v) is 22.4. The van der Waals surface area contributed by atoms with E-state index in [1.165, 1.54) is 0 Å². The van der Waals surface area contributed by atoms with Crippen molar-refractivity contribution in [1.82, 2.24) is 20.5 Å². The molecule has 0 saturated carbocycles. The molecular weight excluding hydrogens is 504 g/mol. The Bertz CT molecular complexity index is 1560. The molecule has 3 atom stereocenters. The predicted octanol–water partition coefficient (Wildman–Crippen LogP) is 3.52. The highest BCUT2D eigenvalue weighted by Crippen LogP contribution is 2.46. The van der Waals surface area contributed by atoms with Gasteiger partial charge in [-0.15, -0.1) is 0 Å². The topological polar surface area (TPSA) is 104 Å². The van der Waals surface area contributed by atoms with Crippen LogP contribution in [0.5, 0.6) is 0 Å². The summed E-state index contributed by atoms with van der Waals surface area (Å²) in [4.78, 5) is 46.3. The molecule has 0 spiro atoms. The van der Waals surface area contributed by atoms with E-state index in [1.54, 1.807) is 12.0 Å². The predicted molar refractivity (Wildman–Crippen MR) is 152 cm³/mol. The van der Waals surface area contributed by atoms with Crippen LogP contribution in [0.1, 0.15) is 45.2 Å². The highest BCUT2D eigenvalue weighted by atomic mass is 16.5. The first kappa shape index (κ1) is 25.8. The molecule has 0 bridgehead atoms. The van der Waals surface area contributed by atoms with Crippen molar-refractivity contribution < 1.29 is 19.1 Å². The molecule has 3 N–H and O–H groups in total.